The van der Waals surface area contributed by atoms with Crippen molar-refractivity contribution in [2.45, 2.75) is 76.5 Å². The molecule has 1 aliphatic carbocycles. The van der Waals surface area contributed by atoms with Crippen molar-refractivity contribution in [3.8, 4) is 5.75 Å². The highest BCUT2D eigenvalue weighted by molar-refractivity contribution is 7.13. The van der Waals surface area contributed by atoms with Crippen LogP contribution in [0.2, 0.25) is 5.02 Å². The van der Waals surface area contributed by atoms with Crippen molar-refractivity contribution in [3.05, 3.63) is 93.8 Å². The van der Waals surface area contributed by atoms with Gasteiger partial charge in [-0.25, -0.2) is 14.4 Å². The highest BCUT2D eigenvalue weighted by atomic mass is 35.5. The Hall–Kier alpha value is -5.57. The average Bonchev–Trinajstić information content (AvgIpc) is 3.96. The molecule has 2 fully saturated rings. The van der Waals surface area contributed by atoms with Crippen LogP contribution >= 0.6 is 22.9 Å². The summed E-state index contributed by atoms with van der Waals surface area (Å²) in [5.74, 6) is -1.24. The maximum atomic E-state index is 14.6. The molecule has 4 heterocycles. The smallest absolute Gasteiger partial charge is 0.255 e. The minimum Gasteiger partial charge on any atom is -0.487 e. The Kier molecular flexibility index (Phi) is 18.0. The number of benzene rings is 2. The molecule has 2 aromatic carbocycles. The van der Waals surface area contributed by atoms with E-state index < -0.39 is 23.2 Å². The molecule has 0 spiro atoms. The van der Waals surface area contributed by atoms with Gasteiger partial charge in [-0.3, -0.25) is 29.3 Å². The van der Waals surface area contributed by atoms with Gasteiger partial charge in [-0.15, -0.1) is 11.3 Å². The maximum absolute atomic E-state index is 14.6. The monoisotopic (exact) mass is 962 g/mol. The second-order valence-electron chi connectivity index (χ2n) is 16.5. The van der Waals surface area contributed by atoms with E-state index in [0.717, 1.165) is 10.8 Å². The van der Waals surface area contributed by atoms with Crippen molar-refractivity contribution < 1.29 is 47.3 Å². The fourth-order valence-corrected chi connectivity index (χ4v) is 9.12. The van der Waals surface area contributed by atoms with Crippen molar-refractivity contribution in [2.24, 2.45) is 5.41 Å². The Morgan fingerprint density at radius 1 is 0.910 bits per heavy atom. The topological polar surface area (TPSA) is 211 Å². The van der Waals surface area contributed by atoms with Crippen LogP contribution in [-0.2, 0) is 46.4 Å². The molecule has 1 saturated carbocycles. The van der Waals surface area contributed by atoms with E-state index in [1.165, 1.54) is 22.3 Å². The zero-order chi connectivity index (χ0) is 47.0. The normalized spacial score (nSPS) is 19.2. The Morgan fingerprint density at radius 3 is 2.42 bits per heavy atom. The van der Waals surface area contributed by atoms with Gasteiger partial charge in [0, 0.05) is 73.0 Å². The number of ether oxygens (including phenoxy) is 4. The number of thiazole rings is 1. The number of nitrogens with one attached hydrogen (secondary N) is 5. The first-order chi connectivity index (χ1) is 32.6. The van der Waals surface area contributed by atoms with Crippen LogP contribution in [0, 0.1) is 11.2 Å². The first kappa shape index (κ1) is 49.3. The number of imide groups is 1. The number of pyridine rings is 1. The second kappa shape index (κ2) is 24.5. The molecule has 1 unspecified atom stereocenters. The molecule has 4 aromatic rings. The molecule has 17 nitrogen and oxygen atoms in total. The minimum absolute atomic E-state index is 0.00160. The van der Waals surface area contributed by atoms with Gasteiger partial charge in [0.1, 0.15) is 11.9 Å². The molecule has 67 heavy (non-hydrogen) atoms. The zero-order valence-corrected chi connectivity index (χ0v) is 38.7. The van der Waals surface area contributed by atoms with E-state index in [2.05, 4.69) is 31.6 Å². The number of hydrogen-bond acceptors (Lipinski definition) is 14. The van der Waals surface area contributed by atoms with Crippen molar-refractivity contribution in [1.82, 2.24) is 30.8 Å². The van der Waals surface area contributed by atoms with Gasteiger partial charge in [-0.2, -0.15) is 0 Å². The predicted octanol–water partition coefficient (Wildman–Crippen LogP) is 5.56. The van der Waals surface area contributed by atoms with Crippen molar-refractivity contribution in [2.75, 3.05) is 69.9 Å². The average molecular weight is 964 g/mol. The third kappa shape index (κ3) is 13.8. The van der Waals surface area contributed by atoms with Crippen LogP contribution in [0.3, 0.4) is 0 Å². The fraction of sp³-hybridized carbons (Fsp3) is 0.468. The van der Waals surface area contributed by atoms with E-state index in [9.17, 15) is 28.4 Å². The Bertz CT molecular complexity index is 2330. The summed E-state index contributed by atoms with van der Waals surface area (Å²) in [7, 11) is 0. The van der Waals surface area contributed by atoms with E-state index >= 15 is 0 Å². The third-order valence-corrected chi connectivity index (χ3v) is 12.9. The number of carbonyl (C=O) groups excluding carboxylic acids is 5. The van der Waals surface area contributed by atoms with Crippen LogP contribution in [0.15, 0.2) is 66.2 Å². The van der Waals surface area contributed by atoms with Gasteiger partial charge in [-0.1, -0.05) is 29.8 Å². The summed E-state index contributed by atoms with van der Waals surface area (Å²) in [5.41, 5.74) is 1.66. The molecule has 358 valence electrons. The summed E-state index contributed by atoms with van der Waals surface area (Å²) in [6, 6.07) is 14.8. The van der Waals surface area contributed by atoms with E-state index in [1.54, 1.807) is 36.5 Å². The molecule has 5 N–H and O–H groups in total. The first-order valence-electron chi connectivity index (χ1n) is 22.6. The number of amides is 5. The highest BCUT2D eigenvalue weighted by Crippen LogP contribution is 2.41. The molecule has 2 aliphatic heterocycles. The number of anilines is 3. The minimum atomic E-state index is -0.754. The first-order valence-corrected chi connectivity index (χ1v) is 23.9. The predicted molar refractivity (Wildman–Crippen MR) is 249 cm³/mol. The number of hydrogen-bond donors (Lipinski definition) is 5. The molecule has 7 rings (SSSR count). The molecule has 3 aliphatic rings. The third-order valence-electron chi connectivity index (χ3n) is 11.9. The van der Waals surface area contributed by atoms with Crippen LogP contribution in [0.5, 0.6) is 5.75 Å². The lowest BCUT2D eigenvalue weighted by Crippen LogP contribution is -2.52. The summed E-state index contributed by atoms with van der Waals surface area (Å²) in [5, 5.41) is 17.4. The molecule has 0 bridgehead atoms. The molecule has 1 saturated heterocycles. The molecular weight excluding hydrogens is 907 g/mol. The Balaban J connectivity index is 0.732. The van der Waals surface area contributed by atoms with Gasteiger partial charge in [0.2, 0.25) is 23.6 Å². The van der Waals surface area contributed by atoms with E-state index in [1.807, 2.05) is 23.6 Å². The lowest BCUT2D eigenvalue weighted by Gasteiger charge is -2.39. The van der Waals surface area contributed by atoms with Crippen molar-refractivity contribution in [3.63, 3.8) is 0 Å². The number of carbonyl (C=O) groups is 5. The second-order valence-corrected chi connectivity index (χ2v) is 17.8. The molecule has 1 atom stereocenters. The Morgan fingerprint density at radius 2 is 1.66 bits per heavy atom. The molecule has 20 heteroatoms. The van der Waals surface area contributed by atoms with Crippen LogP contribution in [0.1, 0.15) is 73.0 Å². The van der Waals surface area contributed by atoms with Crippen LogP contribution in [0.4, 0.5) is 21.0 Å². The summed E-state index contributed by atoms with van der Waals surface area (Å²) in [4.78, 5) is 74.2. The summed E-state index contributed by atoms with van der Waals surface area (Å²) >= 11 is 7.45. The molecule has 5 amide bonds. The number of rotatable bonds is 25. The summed E-state index contributed by atoms with van der Waals surface area (Å²) in [6.07, 6.45) is 5.30. The van der Waals surface area contributed by atoms with Crippen LogP contribution in [0.25, 0.3) is 0 Å². The molecule has 2 aromatic heterocycles. The summed E-state index contributed by atoms with van der Waals surface area (Å²) in [6.45, 7) is 4.02. The number of piperidine rings is 1. The number of halogens is 2. The summed E-state index contributed by atoms with van der Waals surface area (Å²) < 4.78 is 37.6. The van der Waals surface area contributed by atoms with Gasteiger partial charge >= 0.3 is 0 Å². The molecular formula is C47H56ClFN8O9S. The van der Waals surface area contributed by atoms with Crippen molar-refractivity contribution in [1.29, 1.82) is 0 Å². The van der Waals surface area contributed by atoms with Gasteiger partial charge in [0.05, 0.1) is 56.2 Å². The SMILES string of the molecule is O=C1CCC(N2Cc3c(NC(=O)CCCNCCOCCOCCOCCNC(=O)[C@]4(Cc5cccc(Nc6nccs6)n5)CC[C@@H](Oc5cccc(Cl)c5F)CC4)cccc3C2=O)C(=O)N1. The lowest BCUT2D eigenvalue weighted by molar-refractivity contribution is -0.137. The number of aromatic nitrogens is 2. The quantitative estimate of drug-likeness (QED) is 0.0408. The lowest BCUT2D eigenvalue weighted by atomic mass is 9.69. The van der Waals surface area contributed by atoms with Crippen molar-refractivity contribution >= 4 is 69.1 Å². The van der Waals surface area contributed by atoms with Gasteiger partial charge in [0.25, 0.3) is 5.91 Å². The van der Waals surface area contributed by atoms with Gasteiger partial charge in [0.15, 0.2) is 16.7 Å². The maximum Gasteiger partial charge on any atom is 0.255 e. The van der Waals surface area contributed by atoms with E-state index in [-0.39, 0.29) is 66.3 Å². The van der Waals surface area contributed by atoms with E-state index in [0.29, 0.717) is 120 Å². The standard InChI is InChI=1S/C47H56ClFN8O9S/c48-35-7-3-9-38(42(35)49)66-32-14-16-47(17-15-32,29-31-5-1-10-39(53-31)55-46-52-21-28-67-46)45(62)51-20-23-64-25-27-65-26-24-63-22-19-50-18-4-11-40(58)54-36-8-2-6-33-34(36)30-57(44(33)61)37-12-13-41(59)56-43(37)60/h1-3,5-10,21,28,32,37,50H,4,11-20,22-27,29-30H2,(H,51,62)(H,54,58)(H,52,53,55)(H,56,59,60)/t32-,37?,47-. The highest BCUT2D eigenvalue weighted by Gasteiger charge is 2.43. The van der Waals surface area contributed by atoms with Crippen LogP contribution < -0.4 is 31.3 Å². The van der Waals surface area contributed by atoms with E-state index in [4.69, 9.17) is 35.5 Å². The molecule has 0 radical (unpaired) electrons. The van der Waals surface area contributed by atoms with Crippen LogP contribution in [-0.4, -0.2) is 116 Å². The van der Waals surface area contributed by atoms with Gasteiger partial charge < -0.3 is 45.1 Å². The largest absolute Gasteiger partial charge is 0.487 e. The Labute approximate surface area is 397 Å². The number of nitrogens with zero attached hydrogens (tertiary/aromatic N) is 3. The van der Waals surface area contributed by atoms with Gasteiger partial charge in [-0.05, 0) is 81.5 Å². The number of fused-ring (bicyclic) bond motifs is 1. The zero-order valence-electron chi connectivity index (χ0n) is 37.1. The fourth-order valence-electron chi connectivity index (χ4n) is 8.41.